The van der Waals surface area contributed by atoms with Gasteiger partial charge < -0.3 is 10.0 Å². The summed E-state index contributed by atoms with van der Waals surface area (Å²) < 4.78 is 79.8. The Morgan fingerprint density at radius 3 is 1.84 bits per heavy atom. The largest absolute Gasteiger partial charge is 0.465 e. The molecule has 0 aromatic heterocycles. The average molecular weight is 603 g/mol. The van der Waals surface area contributed by atoms with Crippen molar-refractivity contribution in [2.75, 3.05) is 19.6 Å². The maximum atomic E-state index is 13.4. The van der Waals surface area contributed by atoms with E-state index in [0.29, 0.717) is 23.2 Å². The molecule has 0 saturated carbocycles. The van der Waals surface area contributed by atoms with Crippen molar-refractivity contribution in [1.82, 2.24) is 9.80 Å². The first-order chi connectivity index (χ1) is 20.2. The van der Waals surface area contributed by atoms with E-state index in [1.165, 1.54) is 24.3 Å². The van der Waals surface area contributed by atoms with Crippen LogP contribution in [-0.4, -0.2) is 46.7 Å². The van der Waals surface area contributed by atoms with Gasteiger partial charge in [-0.3, -0.25) is 4.90 Å². The van der Waals surface area contributed by atoms with Crippen LogP contribution in [0, 0.1) is 11.3 Å². The number of hydrogen-bond acceptors (Lipinski definition) is 2. The van der Waals surface area contributed by atoms with E-state index in [2.05, 4.69) is 4.90 Å². The van der Waals surface area contributed by atoms with Crippen molar-refractivity contribution in [3.63, 3.8) is 0 Å². The molecule has 228 valence electrons. The van der Waals surface area contributed by atoms with Crippen LogP contribution in [0.25, 0.3) is 11.1 Å². The number of fused-ring (bicyclic) bond motifs is 4. The molecule has 4 nitrogen and oxygen atoms in total. The van der Waals surface area contributed by atoms with Crippen molar-refractivity contribution in [3.05, 3.63) is 94.5 Å². The van der Waals surface area contributed by atoms with E-state index >= 15 is 0 Å². The molecule has 1 amide bonds. The minimum absolute atomic E-state index is 0.219. The van der Waals surface area contributed by atoms with Crippen LogP contribution in [0.3, 0.4) is 0 Å². The van der Waals surface area contributed by atoms with Gasteiger partial charge in [-0.25, -0.2) is 4.79 Å². The molecule has 3 aliphatic heterocycles. The Kier molecular flexibility index (Phi) is 7.06. The maximum absolute atomic E-state index is 13.4. The number of carbonyl (C=O) groups is 1. The molecule has 0 spiro atoms. The fraction of sp³-hybridized carbons (Fsp3) is 0.424. The van der Waals surface area contributed by atoms with Crippen LogP contribution in [0.5, 0.6) is 0 Å². The highest BCUT2D eigenvalue weighted by molar-refractivity contribution is 5.71. The lowest BCUT2D eigenvalue weighted by molar-refractivity contribution is -0.138. The Morgan fingerprint density at radius 1 is 0.814 bits per heavy atom. The topological polar surface area (TPSA) is 43.8 Å². The van der Waals surface area contributed by atoms with Crippen LogP contribution in [0.4, 0.5) is 31.1 Å². The number of hydrogen-bond donors (Lipinski definition) is 1. The van der Waals surface area contributed by atoms with E-state index in [0.717, 1.165) is 61.3 Å². The second-order valence-electron chi connectivity index (χ2n) is 12.6. The predicted octanol–water partition coefficient (Wildman–Crippen LogP) is 8.68. The Balaban J connectivity index is 1.48. The average Bonchev–Trinajstić information content (AvgIpc) is 3.18. The van der Waals surface area contributed by atoms with Gasteiger partial charge in [0.2, 0.25) is 0 Å². The van der Waals surface area contributed by atoms with Crippen LogP contribution >= 0.6 is 0 Å². The number of halogens is 6. The summed E-state index contributed by atoms with van der Waals surface area (Å²) in [7, 11) is 0. The van der Waals surface area contributed by atoms with Gasteiger partial charge in [0.15, 0.2) is 0 Å². The summed E-state index contributed by atoms with van der Waals surface area (Å²) in [6.45, 7) is 6.41. The molecule has 3 heterocycles. The summed E-state index contributed by atoms with van der Waals surface area (Å²) in [5, 5.41) is 10.7. The molecule has 2 unspecified atom stereocenters. The molecular weight excluding hydrogens is 570 g/mol. The van der Waals surface area contributed by atoms with Gasteiger partial charge in [-0.1, -0.05) is 56.3 Å². The van der Waals surface area contributed by atoms with E-state index < -0.39 is 46.9 Å². The quantitative estimate of drug-likeness (QED) is 0.304. The standard InChI is InChI=1S/C33H32F6N2O2/c1-31(2)28(21-5-10-24(11-6-21)33(37,38)39)26-17-22(19-3-8-23(9-4-19)32(34,35)36)7-12-25(26)29(31)41(30(42)43)27-18-40-15-13-20(27)14-16-40/h3-12,17,20,27-29H,13-16,18H2,1-2H3,(H,42,43)/t27-,28?,29?/m1/s1. The molecular formula is C33H32F6N2O2. The molecule has 43 heavy (non-hydrogen) atoms. The van der Waals surface area contributed by atoms with Crippen molar-refractivity contribution in [3.8, 4) is 11.1 Å². The molecule has 3 fully saturated rings. The highest BCUT2D eigenvalue weighted by atomic mass is 19.4. The lowest BCUT2D eigenvalue weighted by atomic mass is 9.72. The minimum atomic E-state index is -4.50. The molecule has 10 heteroatoms. The molecule has 3 atom stereocenters. The monoisotopic (exact) mass is 602 g/mol. The zero-order chi connectivity index (χ0) is 30.9. The van der Waals surface area contributed by atoms with E-state index in [9.17, 15) is 36.2 Å². The second kappa shape index (κ2) is 10.3. The van der Waals surface area contributed by atoms with Crippen molar-refractivity contribution >= 4 is 6.09 Å². The summed E-state index contributed by atoms with van der Waals surface area (Å²) in [6, 6.07) is 14.5. The van der Waals surface area contributed by atoms with Crippen LogP contribution in [-0.2, 0) is 12.4 Å². The van der Waals surface area contributed by atoms with Gasteiger partial charge in [-0.05, 0) is 83.9 Å². The fourth-order valence-electron chi connectivity index (χ4n) is 7.74. The molecule has 1 N–H and O–H groups in total. The number of alkyl halides is 6. The van der Waals surface area contributed by atoms with Gasteiger partial charge in [0, 0.05) is 17.9 Å². The molecule has 3 aromatic rings. The van der Waals surface area contributed by atoms with Gasteiger partial charge in [-0.15, -0.1) is 0 Å². The Bertz CT molecular complexity index is 1510. The molecule has 0 radical (unpaired) electrons. The van der Waals surface area contributed by atoms with Crippen LogP contribution in [0.2, 0.25) is 0 Å². The number of benzene rings is 3. The van der Waals surface area contributed by atoms with Crippen molar-refractivity contribution < 1.29 is 36.2 Å². The second-order valence-corrected chi connectivity index (χ2v) is 12.6. The van der Waals surface area contributed by atoms with E-state index in [1.807, 2.05) is 26.0 Å². The van der Waals surface area contributed by atoms with Crippen LogP contribution in [0.15, 0.2) is 66.7 Å². The molecule has 3 aromatic carbocycles. The Morgan fingerprint density at radius 2 is 1.35 bits per heavy atom. The fourth-order valence-corrected chi connectivity index (χ4v) is 7.74. The number of rotatable bonds is 4. The lowest BCUT2D eigenvalue weighted by Gasteiger charge is -2.52. The number of piperidine rings is 3. The van der Waals surface area contributed by atoms with E-state index in [4.69, 9.17) is 0 Å². The molecule has 4 aliphatic rings. The van der Waals surface area contributed by atoms with E-state index in [1.54, 1.807) is 11.0 Å². The SMILES string of the molecule is CC1(C)C(c2ccc(C(F)(F)F)cc2)c2cc(-c3ccc(C(F)(F)F)cc3)ccc2C1N(C(=O)O)[C@@H]1CN2CCC1CC2. The van der Waals surface area contributed by atoms with Gasteiger partial charge in [0.05, 0.1) is 23.2 Å². The van der Waals surface area contributed by atoms with Gasteiger partial charge in [0.25, 0.3) is 0 Å². The van der Waals surface area contributed by atoms with E-state index in [-0.39, 0.29) is 12.0 Å². The highest BCUT2D eigenvalue weighted by Gasteiger charge is 2.54. The first kappa shape index (κ1) is 29.5. The third kappa shape index (κ3) is 5.17. The molecule has 1 aliphatic carbocycles. The summed E-state index contributed by atoms with van der Waals surface area (Å²) >= 11 is 0. The summed E-state index contributed by atoms with van der Waals surface area (Å²) in [4.78, 5) is 16.9. The summed E-state index contributed by atoms with van der Waals surface area (Å²) in [5.74, 6) is -0.246. The zero-order valence-electron chi connectivity index (χ0n) is 23.7. The number of carboxylic acid groups (broad SMARTS) is 1. The van der Waals surface area contributed by atoms with Gasteiger partial charge in [0.1, 0.15) is 0 Å². The predicted molar refractivity (Wildman–Crippen MR) is 150 cm³/mol. The third-order valence-corrected chi connectivity index (χ3v) is 9.74. The zero-order valence-corrected chi connectivity index (χ0v) is 23.7. The molecule has 3 saturated heterocycles. The van der Waals surface area contributed by atoms with Gasteiger partial charge >= 0.3 is 18.4 Å². The summed E-state index contributed by atoms with van der Waals surface area (Å²) in [5.41, 5.74) is 1.04. The number of nitrogens with zero attached hydrogens (tertiary/aromatic N) is 2. The number of amides is 1. The Labute approximate surface area is 245 Å². The normalized spacial score (nSPS) is 26.3. The van der Waals surface area contributed by atoms with Gasteiger partial charge in [-0.2, -0.15) is 26.3 Å². The Hall–Kier alpha value is -3.53. The highest BCUT2D eigenvalue weighted by Crippen LogP contribution is 2.60. The smallest absolute Gasteiger partial charge is 0.416 e. The third-order valence-electron chi connectivity index (χ3n) is 9.74. The maximum Gasteiger partial charge on any atom is 0.416 e. The molecule has 7 rings (SSSR count). The first-order valence-corrected chi connectivity index (χ1v) is 14.4. The van der Waals surface area contributed by atoms with Crippen molar-refractivity contribution in [2.24, 2.45) is 11.3 Å². The summed E-state index contributed by atoms with van der Waals surface area (Å²) in [6.07, 6.45) is -8.21. The molecule has 2 bridgehead atoms. The lowest BCUT2D eigenvalue weighted by Crippen LogP contribution is -2.60. The first-order valence-electron chi connectivity index (χ1n) is 14.4. The van der Waals surface area contributed by atoms with Crippen molar-refractivity contribution in [2.45, 2.75) is 57.0 Å². The van der Waals surface area contributed by atoms with Crippen LogP contribution in [0.1, 0.15) is 66.5 Å². The van der Waals surface area contributed by atoms with Crippen LogP contribution < -0.4 is 0 Å². The minimum Gasteiger partial charge on any atom is -0.465 e. The van der Waals surface area contributed by atoms with Crippen molar-refractivity contribution in [1.29, 1.82) is 0 Å².